The first kappa shape index (κ1) is 11.6. The van der Waals surface area contributed by atoms with Gasteiger partial charge in [-0.2, -0.15) is 14.6 Å². The van der Waals surface area contributed by atoms with Crippen molar-refractivity contribution < 1.29 is 0 Å². The highest BCUT2D eigenvalue weighted by atomic mass is 15.3. The van der Waals surface area contributed by atoms with Gasteiger partial charge in [-0.15, -0.1) is 0 Å². The average molecular weight is 253 g/mol. The van der Waals surface area contributed by atoms with Gasteiger partial charge in [0.1, 0.15) is 12.1 Å². The zero-order chi connectivity index (χ0) is 13.4. The lowest BCUT2D eigenvalue weighted by molar-refractivity contribution is 0.936. The van der Waals surface area contributed by atoms with Crippen LogP contribution in [0.25, 0.3) is 5.78 Å². The minimum Gasteiger partial charge on any atom is -0.340 e. The molecule has 5 nitrogen and oxygen atoms in total. The lowest BCUT2D eigenvalue weighted by Crippen LogP contribution is -2.04. The highest BCUT2D eigenvalue weighted by Crippen LogP contribution is 2.24. The maximum absolute atomic E-state index is 4.33. The van der Waals surface area contributed by atoms with E-state index in [1.807, 2.05) is 13.0 Å². The van der Waals surface area contributed by atoms with E-state index in [0.29, 0.717) is 5.78 Å². The molecule has 3 rings (SSSR count). The molecule has 0 fully saturated rings. The third kappa shape index (κ3) is 2.03. The normalized spacial score (nSPS) is 10.9. The number of aryl methyl sites for hydroxylation is 3. The Morgan fingerprint density at radius 3 is 2.58 bits per heavy atom. The summed E-state index contributed by atoms with van der Waals surface area (Å²) in [6, 6.07) is 8.19. The van der Waals surface area contributed by atoms with Gasteiger partial charge in [-0.1, -0.05) is 18.2 Å². The molecule has 0 atom stereocenters. The molecular formula is C14H15N5. The standard InChI is InChI=1S/C14H15N5/c1-9-5-4-6-10(2)13(9)18-12-7-11(3)17-14-15-8-16-19(12)14/h4-8,18H,1-3H3. The minimum atomic E-state index is 0.605. The predicted octanol–water partition coefficient (Wildman–Crippen LogP) is 2.79. The first-order valence-electron chi connectivity index (χ1n) is 6.16. The van der Waals surface area contributed by atoms with E-state index in [2.05, 4.69) is 52.4 Å². The maximum atomic E-state index is 4.33. The molecule has 0 bridgehead atoms. The van der Waals surface area contributed by atoms with E-state index in [0.717, 1.165) is 17.2 Å². The van der Waals surface area contributed by atoms with E-state index in [1.54, 1.807) is 4.52 Å². The molecule has 19 heavy (non-hydrogen) atoms. The number of hydrogen-bond acceptors (Lipinski definition) is 4. The Hall–Kier alpha value is -2.43. The van der Waals surface area contributed by atoms with Gasteiger partial charge >= 0.3 is 0 Å². The Morgan fingerprint density at radius 2 is 1.84 bits per heavy atom. The molecule has 0 aliphatic carbocycles. The number of nitrogens with one attached hydrogen (secondary N) is 1. The van der Waals surface area contributed by atoms with Gasteiger partial charge in [-0.25, -0.2) is 4.98 Å². The maximum Gasteiger partial charge on any atom is 0.254 e. The van der Waals surface area contributed by atoms with Gasteiger partial charge in [0, 0.05) is 17.4 Å². The average Bonchev–Trinajstić information content (AvgIpc) is 2.81. The fourth-order valence-corrected chi connectivity index (χ4v) is 2.16. The summed E-state index contributed by atoms with van der Waals surface area (Å²) < 4.78 is 1.71. The fourth-order valence-electron chi connectivity index (χ4n) is 2.16. The van der Waals surface area contributed by atoms with Gasteiger partial charge < -0.3 is 5.32 Å². The molecule has 0 spiro atoms. The second kappa shape index (κ2) is 4.35. The summed E-state index contributed by atoms with van der Waals surface area (Å²) >= 11 is 0. The molecule has 3 aromatic rings. The molecule has 0 saturated heterocycles. The van der Waals surface area contributed by atoms with E-state index in [-0.39, 0.29) is 0 Å². The molecule has 1 aromatic carbocycles. The van der Waals surface area contributed by atoms with E-state index in [4.69, 9.17) is 0 Å². The molecule has 0 saturated carbocycles. The Balaban J connectivity index is 2.13. The summed E-state index contributed by atoms with van der Waals surface area (Å²) in [6.07, 6.45) is 1.51. The smallest absolute Gasteiger partial charge is 0.254 e. The number of benzene rings is 1. The van der Waals surface area contributed by atoms with Gasteiger partial charge in [0.15, 0.2) is 0 Å². The summed E-state index contributed by atoms with van der Waals surface area (Å²) in [5.74, 6) is 1.48. The number of nitrogens with zero attached hydrogens (tertiary/aromatic N) is 4. The number of fused-ring (bicyclic) bond motifs is 1. The van der Waals surface area contributed by atoms with Gasteiger partial charge in [0.25, 0.3) is 5.78 Å². The summed E-state index contributed by atoms with van der Waals surface area (Å²) in [5.41, 5.74) is 4.41. The molecule has 0 unspecified atom stereocenters. The van der Waals surface area contributed by atoms with Crippen molar-refractivity contribution in [3.8, 4) is 0 Å². The van der Waals surface area contributed by atoms with Crippen LogP contribution < -0.4 is 5.32 Å². The van der Waals surface area contributed by atoms with Crippen LogP contribution in [0.3, 0.4) is 0 Å². The number of rotatable bonds is 2. The van der Waals surface area contributed by atoms with Crippen LogP contribution in [0.1, 0.15) is 16.8 Å². The Labute approximate surface area is 111 Å². The fraction of sp³-hybridized carbons (Fsp3) is 0.214. The van der Waals surface area contributed by atoms with Crippen molar-refractivity contribution in [3.05, 3.63) is 47.4 Å². The van der Waals surface area contributed by atoms with E-state index in [1.165, 1.54) is 17.5 Å². The third-order valence-corrected chi connectivity index (χ3v) is 3.11. The van der Waals surface area contributed by atoms with E-state index in [9.17, 15) is 0 Å². The van der Waals surface area contributed by atoms with Crippen molar-refractivity contribution in [2.24, 2.45) is 0 Å². The van der Waals surface area contributed by atoms with Crippen molar-refractivity contribution in [1.82, 2.24) is 19.6 Å². The Kier molecular flexibility index (Phi) is 2.67. The van der Waals surface area contributed by atoms with Gasteiger partial charge in [-0.05, 0) is 31.9 Å². The van der Waals surface area contributed by atoms with Crippen molar-refractivity contribution >= 4 is 17.3 Å². The first-order valence-corrected chi connectivity index (χ1v) is 6.16. The molecule has 0 radical (unpaired) electrons. The number of anilines is 2. The van der Waals surface area contributed by atoms with Crippen molar-refractivity contribution in [2.45, 2.75) is 20.8 Å². The lowest BCUT2D eigenvalue weighted by Gasteiger charge is -2.13. The molecular weight excluding hydrogens is 238 g/mol. The van der Waals surface area contributed by atoms with Crippen LogP contribution >= 0.6 is 0 Å². The second-order valence-electron chi connectivity index (χ2n) is 4.65. The van der Waals surface area contributed by atoms with Crippen molar-refractivity contribution in [2.75, 3.05) is 5.32 Å². The number of para-hydroxylation sites is 1. The van der Waals surface area contributed by atoms with Crippen LogP contribution in [0.5, 0.6) is 0 Å². The SMILES string of the molecule is Cc1cc(Nc2c(C)cccc2C)n2ncnc2n1. The summed E-state index contributed by atoms with van der Waals surface area (Å²) in [7, 11) is 0. The molecule has 5 heteroatoms. The Morgan fingerprint density at radius 1 is 1.11 bits per heavy atom. The van der Waals surface area contributed by atoms with Crippen LogP contribution in [-0.4, -0.2) is 19.6 Å². The zero-order valence-corrected chi connectivity index (χ0v) is 11.2. The second-order valence-corrected chi connectivity index (χ2v) is 4.65. The van der Waals surface area contributed by atoms with Crippen LogP contribution in [0.15, 0.2) is 30.6 Å². The quantitative estimate of drug-likeness (QED) is 0.763. The predicted molar refractivity (Wildman–Crippen MR) is 74.7 cm³/mol. The number of hydrogen-bond donors (Lipinski definition) is 1. The van der Waals surface area contributed by atoms with E-state index < -0.39 is 0 Å². The molecule has 2 aromatic heterocycles. The van der Waals surface area contributed by atoms with Crippen LogP contribution in [-0.2, 0) is 0 Å². The topological polar surface area (TPSA) is 55.1 Å². The van der Waals surface area contributed by atoms with Crippen molar-refractivity contribution in [1.29, 1.82) is 0 Å². The zero-order valence-electron chi connectivity index (χ0n) is 11.2. The van der Waals surface area contributed by atoms with E-state index >= 15 is 0 Å². The molecule has 96 valence electrons. The summed E-state index contributed by atoms with van der Waals surface area (Å²) in [5, 5.41) is 7.63. The molecule has 2 heterocycles. The summed E-state index contributed by atoms with van der Waals surface area (Å²) in [4.78, 5) is 8.46. The van der Waals surface area contributed by atoms with Gasteiger partial charge in [-0.3, -0.25) is 0 Å². The monoisotopic (exact) mass is 253 g/mol. The molecule has 0 aliphatic rings. The lowest BCUT2D eigenvalue weighted by atomic mass is 10.1. The van der Waals surface area contributed by atoms with Crippen molar-refractivity contribution in [3.63, 3.8) is 0 Å². The highest BCUT2D eigenvalue weighted by Gasteiger charge is 2.08. The highest BCUT2D eigenvalue weighted by molar-refractivity contribution is 5.65. The third-order valence-electron chi connectivity index (χ3n) is 3.11. The van der Waals surface area contributed by atoms with Gasteiger partial charge in [0.2, 0.25) is 0 Å². The van der Waals surface area contributed by atoms with Crippen LogP contribution in [0, 0.1) is 20.8 Å². The largest absolute Gasteiger partial charge is 0.340 e. The molecule has 0 aliphatic heterocycles. The first-order chi connectivity index (χ1) is 9.15. The molecule has 1 N–H and O–H groups in total. The van der Waals surface area contributed by atoms with Gasteiger partial charge in [0.05, 0.1) is 0 Å². The molecule has 0 amide bonds. The Bertz CT molecular complexity index is 724. The van der Waals surface area contributed by atoms with Crippen LogP contribution in [0.2, 0.25) is 0 Å². The minimum absolute atomic E-state index is 0.605. The summed E-state index contributed by atoms with van der Waals surface area (Å²) in [6.45, 7) is 6.12. The van der Waals surface area contributed by atoms with Crippen LogP contribution in [0.4, 0.5) is 11.5 Å². The number of aromatic nitrogens is 4.